The van der Waals surface area contributed by atoms with E-state index in [1.807, 2.05) is 0 Å². The second-order valence-electron chi connectivity index (χ2n) is 3.87. The third-order valence-corrected chi connectivity index (χ3v) is 6.00. The van der Waals surface area contributed by atoms with E-state index in [2.05, 4.69) is 0 Å². The van der Waals surface area contributed by atoms with Gasteiger partial charge in [-0.2, -0.15) is 0 Å². The summed E-state index contributed by atoms with van der Waals surface area (Å²) in [7, 11) is -3.59. The molecule has 96 valence electrons. The lowest BCUT2D eigenvalue weighted by Crippen LogP contribution is -2.37. The summed E-state index contributed by atoms with van der Waals surface area (Å²) in [6, 6.07) is 6.28. The van der Waals surface area contributed by atoms with Crippen LogP contribution in [0.1, 0.15) is 25.0 Å². The highest BCUT2D eigenvalue weighted by Gasteiger charge is 2.44. The first kappa shape index (κ1) is 14.8. The van der Waals surface area contributed by atoms with Gasteiger partial charge in [0.2, 0.25) is 0 Å². The largest absolute Gasteiger partial charge is 0.385 e. The van der Waals surface area contributed by atoms with Crippen LogP contribution in [0.4, 0.5) is 0 Å². The van der Waals surface area contributed by atoms with E-state index in [0.717, 1.165) is 6.26 Å². The molecule has 0 aliphatic heterocycles. The summed E-state index contributed by atoms with van der Waals surface area (Å²) < 4.78 is 21.6. The van der Waals surface area contributed by atoms with E-state index in [4.69, 9.17) is 23.2 Å². The maximum atomic E-state index is 11.6. The molecule has 1 aromatic carbocycles. The molecule has 0 fully saturated rings. The summed E-state index contributed by atoms with van der Waals surface area (Å²) >= 11 is 11.8. The number of rotatable bonds is 4. The van der Waals surface area contributed by atoms with Gasteiger partial charge in [0, 0.05) is 11.3 Å². The van der Waals surface area contributed by atoms with E-state index in [1.165, 1.54) is 0 Å². The van der Waals surface area contributed by atoms with Crippen molar-refractivity contribution in [3.8, 4) is 0 Å². The van der Waals surface area contributed by atoms with Gasteiger partial charge in [-0.1, -0.05) is 42.3 Å². The highest BCUT2D eigenvalue weighted by molar-refractivity contribution is 7.93. The number of alkyl halides is 1. The molecule has 0 aliphatic rings. The van der Waals surface area contributed by atoms with E-state index in [0.29, 0.717) is 10.6 Å². The number of halogens is 2. The molecule has 2 atom stereocenters. The zero-order valence-electron chi connectivity index (χ0n) is 9.52. The lowest BCUT2D eigenvalue weighted by atomic mass is 10.0. The molecule has 3 nitrogen and oxygen atoms in total. The molecule has 0 heterocycles. The topological polar surface area (TPSA) is 54.4 Å². The molecule has 0 unspecified atom stereocenters. The van der Waals surface area contributed by atoms with Gasteiger partial charge in [-0.3, -0.25) is 0 Å². The molecule has 1 rings (SSSR count). The Kier molecular flexibility index (Phi) is 4.47. The molecule has 0 saturated carbocycles. The van der Waals surface area contributed by atoms with Crippen molar-refractivity contribution in [1.29, 1.82) is 0 Å². The first-order valence-electron chi connectivity index (χ1n) is 5.04. The predicted molar refractivity (Wildman–Crippen MR) is 70.1 cm³/mol. The van der Waals surface area contributed by atoms with Crippen molar-refractivity contribution in [2.45, 2.75) is 23.7 Å². The van der Waals surface area contributed by atoms with E-state index < -0.39 is 20.1 Å². The SMILES string of the molecule is CC[C@](Cl)([C@@H](O)c1ccc(Cl)cc1)S(C)(=O)=O. The van der Waals surface area contributed by atoms with Crippen LogP contribution >= 0.6 is 23.2 Å². The summed E-state index contributed by atoms with van der Waals surface area (Å²) in [5.74, 6) is 0. The maximum absolute atomic E-state index is 11.6. The molecule has 6 heteroatoms. The number of aliphatic hydroxyl groups is 1. The first-order valence-corrected chi connectivity index (χ1v) is 7.69. The van der Waals surface area contributed by atoms with E-state index >= 15 is 0 Å². The van der Waals surface area contributed by atoms with Gasteiger partial charge in [0.15, 0.2) is 14.0 Å². The van der Waals surface area contributed by atoms with Crippen molar-refractivity contribution >= 4 is 33.0 Å². The quantitative estimate of drug-likeness (QED) is 0.869. The van der Waals surface area contributed by atoms with Crippen LogP contribution in [0.3, 0.4) is 0 Å². The summed E-state index contributed by atoms with van der Waals surface area (Å²) in [5, 5.41) is 10.6. The van der Waals surface area contributed by atoms with Crippen LogP contribution in [0.15, 0.2) is 24.3 Å². The summed E-state index contributed by atoms with van der Waals surface area (Å²) in [6.07, 6.45) is -0.166. The Morgan fingerprint density at radius 2 is 1.82 bits per heavy atom. The van der Waals surface area contributed by atoms with Gasteiger partial charge < -0.3 is 5.11 Å². The lowest BCUT2D eigenvalue weighted by molar-refractivity contribution is 0.155. The number of aliphatic hydroxyl groups excluding tert-OH is 1. The molecule has 0 saturated heterocycles. The Morgan fingerprint density at radius 1 is 1.35 bits per heavy atom. The third kappa shape index (κ3) is 2.94. The predicted octanol–water partition coefficient (Wildman–Crippen LogP) is 2.76. The van der Waals surface area contributed by atoms with Crippen LogP contribution < -0.4 is 0 Å². The minimum atomic E-state index is -3.59. The van der Waals surface area contributed by atoms with Crippen molar-refractivity contribution in [1.82, 2.24) is 0 Å². The van der Waals surface area contributed by atoms with Crippen molar-refractivity contribution in [3.05, 3.63) is 34.9 Å². The third-order valence-electron chi connectivity index (χ3n) is 2.69. The Hall–Kier alpha value is -0.290. The smallest absolute Gasteiger partial charge is 0.174 e. The Morgan fingerprint density at radius 3 is 2.18 bits per heavy atom. The summed E-state index contributed by atoms with van der Waals surface area (Å²) in [5.41, 5.74) is 0.427. The Bertz CT molecular complexity index is 484. The maximum Gasteiger partial charge on any atom is 0.174 e. The summed E-state index contributed by atoms with van der Waals surface area (Å²) in [6.45, 7) is 1.62. The van der Waals surface area contributed by atoms with E-state index in [1.54, 1.807) is 31.2 Å². The molecule has 0 spiro atoms. The monoisotopic (exact) mass is 296 g/mol. The average Bonchev–Trinajstić information content (AvgIpc) is 2.26. The van der Waals surface area contributed by atoms with Gasteiger partial charge in [0.05, 0.1) is 0 Å². The van der Waals surface area contributed by atoms with Gasteiger partial charge in [0.1, 0.15) is 6.10 Å². The van der Waals surface area contributed by atoms with Gasteiger partial charge in [-0.25, -0.2) is 8.42 Å². The van der Waals surface area contributed by atoms with Gasteiger partial charge >= 0.3 is 0 Å². The van der Waals surface area contributed by atoms with Gasteiger partial charge in [-0.05, 0) is 24.1 Å². The highest BCUT2D eigenvalue weighted by atomic mass is 35.5. The van der Waals surface area contributed by atoms with Gasteiger partial charge in [-0.15, -0.1) is 0 Å². The Labute approximate surface area is 111 Å². The zero-order valence-corrected chi connectivity index (χ0v) is 11.9. The van der Waals surface area contributed by atoms with Crippen LogP contribution in [-0.2, 0) is 9.84 Å². The van der Waals surface area contributed by atoms with Crippen molar-refractivity contribution < 1.29 is 13.5 Å². The summed E-state index contributed by atoms with van der Waals surface area (Å²) in [4.78, 5) is 0. The zero-order chi connectivity index (χ0) is 13.3. The first-order chi connectivity index (χ1) is 7.72. The molecular weight excluding hydrogens is 283 g/mol. The van der Waals surface area contributed by atoms with Crippen LogP contribution in [0.5, 0.6) is 0 Å². The molecular formula is C11H14Cl2O3S. The normalized spacial score (nSPS) is 17.5. The highest BCUT2D eigenvalue weighted by Crippen LogP contribution is 2.39. The molecule has 0 bridgehead atoms. The fourth-order valence-corrected chi connectivity index (χ4v) is 2.87. The number of sulfone groups is 1. The van der Waals surface area contributed by atoms with Crippen LogP contribution in [0.2, 0.25) is 5.02 Å². The van der Waals surface area contributed by atoms with Gasteiger partial charge in [0.25, 0.3) is 0 Å². The van der Waals surface area contributed by atoms with E-state index in [9.17, 15) is 13.5 Å². The molecule has 1 N–H and O–H groups in total. The second kappa shape index (κ2) is 5.14. The molecule has 0 aromatic heterocycles. The molecule has 0 radical (unpaired) electrons. The molecule has 1 aromatic rings. The van der Waals surface area contributed by atoms with Crippen molar-refractivity contribution in [3.63, 3.8) is 0 Å². The van der Waals surface area contributed by atoms with Crippen LogP contribution in [-0.4, -0.2) is 24.0 Å². The second-order valence-corrected chi connectivity index (χ2v) is 7.47. The average molecular weight is 297 g/mol. The number of hydrogen-bond donors (Lipinski definition) is 1. The molecule has 0 aliphatic carbocycles. The fraction of sp³-hybridized carbons (Fsp3) is 0.455. The van der Waals surface area contributed by atoms with Crippen LogP contribution in [0.25, 0.3) is 0 Å². The molecule has 17 heavy (non-hydrogen) atoms. The van der Waals surface area contributed by atoms with Crippen molar-refractivity contribution in [2.24, 2.45) is 0 Å². The van der Waals surface area contributed by atoms with Crippen LogP contribution in [0, 0.1) is 0 Å². The van der Waals surface area contributed by atoms with Crippen molar-refractivity contribution in [2.75, 3.05) is 6.26 Å². The minimum absolute atomic E-state index is 0.108. The number of benzene rings is 1. The van der Waals surface area contributed by atoms with E-state index in [-0.39, 0.29) is 6.42 Å². The standard InChI is InChI=1S/C11H14Cl2O3S/c1-3-11(13,17(2,15)16)10(14)8-4-6-9(12)7-5-8/h4-7,10,14H,3H2,1-2H3/t10-,11+/m0/s1. The minimum Gasteiger partial charge on any atom is -0.385 e. The number of hydrogen-bond acceptors (Lipinski definition) is 3. The Balaban J connectivity index is 3.19. The fourth-order valence-electron chi connectivity index (χ4n) is 1.55. The molecule has 0 amide bonds. The lowest BCUT2D eigenvalue weighted by Gasteiger charge is -2.29.